The third-order valence-corrected chi connectivity index (χ3v) is 5.40. The van der Waals surface area contributed by atoms with Crippen LogP contribution >= 0.6 is 0 Å². The van der Waals surface area contributed by atoms with E-state index in [1.165, 1.54) is 10.6 Å². The molecule has 1 N–H and O–H groups in total. The maximum absolute atomic E-state index is 14.6. The van der Waals surface area contributed by atoms with Crippen LogP contribution < -0.4 is 5.32 Å². The van der Waals surface area contributed by atoms with Crippen LogP contribution in [0.25, 0.3) is 16.8 Å². The lowest BCUT2D eigenvalue weighted by molar-refractivity contribution is -0.142. The number of rotatable bonds is 3. The second kappa shape index (κ2) is 7.91. The van der Waals surface area contributed by atoms with Gasteiger partial charge in [0, 0.05) is 24.3 Å². The number of hydrogen-bond acceptors (Lipinski definition) is 4. The average molecular weight is 461 g/mol. The second-order valence-electron chi connectivity index (χ2n) is 7.76. The minimum absolute atomic E-state index is 0.00161. The van der Waals surface area contributed by atoms with E-state index in [-0.39, 0.29) is 23.6 Å². The predicted molar refractivity (Wildman–Crippen MR) is 103 cm³/mol. The molecule has 1 aliphatic rings. The molecule has 3 heterocycles. The summed E-state index contributed by atoms with van der Waals surface area (Å²) in [4.78, 5) is 2.09. The lowest BCUT2D eigenvalue weighted by Gasteiger charge is -2.30. The first-order valence-corrected chi connectivity index (χ1v) is 9.72. The number of halogens is 7. The zero-order valence-electron chi connectivity index (χ0n) is 16.7. The normalized spacial score (nSPS) is 18.3. The molecule has 0 spiro atoms. The Kier molecular flexibility index (Phi) is 5.51. The summed E-state index contributed by atoms with van der Waals surface area (Å²) >= 11 is 0. The summed E-state index contributed by atoms with van der Waals surface area (Å²) in [7, 11) is 1.94. The Bertz CT molecular complexity index is 1140. The number of nitrogens with zero attached hydrogens (tertiary/aromatic N) is 4. The van der Waals surface area contributed by atoms with Crippen LogP contribution in [0.15, 0.2) is 30.5 Å². The van der Waals surface area contributed by atoms with Gasteiger partial charge in [-0.25, -0.2) is 4.39 Å². The van der Waals surface area contributed by atoms with E-state index in [1.54, 1.807) is 0 Å². The molecule has 0 amide bonds. The maximum Gasteiger partial charge on any atom is 0.417 e. The van der Waals surface area contributed by atoms with Crippen molar-refractivity contribution in [1.29, 1.82) is 0 Å². The molecule has 1 aromatic carbocycles. The van der Waals surface area contributed by atoms with Crippen molar-refractivity contribution in [2.75, 3.05) is 25.5 Å². The molecule has 0 radical (unpaired) electrons. The van der Waals surface area contributed by atoms with Gasteiger partial charge in [-0.1, -0.05) is 6.07 Å². The molecule has 1 unspecified atom stereocenters. The molecule has 0 aliphatic carbocycles. The first-order valence-electron chi connectivity index (χ1n) is 9.72. The van der Waals surface area contributed by atoms with Crippen LogP contribution in [0, 0.1) is 5.82 Å². The first kappa shape index (κ1) is 22.3. The molecule has 172 valence electrons. The van der Waals surface area contributed by atoms with Gasteiger partial charge in [-0.3, -0.25) is 4.40 Å². The van der Waals surface area contributed by atoms with E-state index in [2.05, 4.69) is 20.4 Å². The molecule has 0 bridgehead atoms. The van der Waals surface area contributed by atoms with E-state index >= 15 is 0 Å². The molecule has 5 nitrogen and oxygen atoms in total. The smallest absolute Gasteiger partial charge is 0.350 e. The van der Waals surface area contributed by atoms with Crippen molar-refractivity contribution in [3.8, 4) is 11.3 Å². The summed E-state index contributed by atoms with van der Waals surface area (Å²) in [6.07, 6.45) is -7.07. The highest BCUT2D eigenvalue weighted by Crippen LogP contribution is 2.41. The fourth-order valence-electron chi connectivity index (χ4n) is 3.91. The molecule has 32 heavy (non-hydrogen) atoms. The van der Waals surface area contributed by atoms with Gasteiger partial charge in [0.2, 0.25) is 5.95 Å². The molecule has 0 saturated carbocycles. The predicted octanol–water partition coefficient (Wildman–Crippen LogP) is 5.08. The summed E-state index contributed by atoms with van der Waals surface area (Å²) in [5, 5.41) is 10.9. The molecule has 3 aromatic rings. The maximum atomic E-state index is 14.6. The van der Waals surface area contributed by atoms with Gasteiger partial charge < -0.3 is 10.2 Å². The van der Waals surface area contributed by atoms with Gasteiger partial charge in [0.1, 0.15) is 11.2 Å². The minimum Gasteiger partial charge on any atom is -0.350 e. The van der Waals surface area contributed by atoms with E-state index in [0.717, 1.165) is 25.5 Å². The first-order chi connectivity index (χ1) is 14.9. The van der Waals surface area contributed by atoms with Gasteiger partial charge in [0.25, 0.3) is 0 Å². The molecular weight excluding hydrogens is 443 g/mol. The van der Waals surface area contributed by atoms with Crippen molar-refractivity contribution in [2.24, 2.45) is 0 Å². The Balaban J connectivity index is 1.83. The van der Waals surface area contributed by atoms with E-state index in [9.17, 15) is 30.7 Å². The van der Waals surface area contributed by atoms with Gasteiger partial charge in [0.05, 0.1) is 11.1 Å². The van der Waals surface area contributed by atoms with Crippen LogP contribution in [0.3, 0.4) is 0 Å². The van der Waals surface area contributed by atoms with Gasteiger partial charge in [-0.2, -0.15) is 26.3 Å². The Labute approximate surface area is 177 Å². The summed E-state index contributed by atoms with van der Waals surface area (Å²) in [6, 6.07) is 2.16. The molecule has 12 heteroatoms. The van der Waals surface area contributed by atoms with Crippen molar-refractivity contribution in [3.63, 3.8) is 0 Å². The topological polar surface area (TPSA) is 45.5 Å². The zero-order valence-corrected chi connectivity index (χ0v) is 16.7. The third-order valence-electron chi connectivity index (χ3n) is 5.40. The number of likely N-dealkylation sites (N-methyl/N-ethyl adjacent to an activating group) is 1. The highest BCUT2D eigenvalue weighted by molar-refractivity contribution is 5.80. The summed E-state index contributed by atoms with van der Waals surface area (Å²) in [5.74, 6) is -0.736. The average Bonchev–Trinajstić information content (AvgIpc) is 3.09. The van der Waals surface area contributed by atoms with Crippen LogP contribution in [0.5, 0.6) is 0 Å². The number of benzene rings is 1. The third kappa shape index (κ3) is 4.23. The van der Waals surface area contributed by atoms with Gasteiger partial charge >= 0.3 is 12.4 Å². The molecule has 2 aromatic heterocycles. The summed E-state index contributed by atoms with van der Waals surface area (Å²) in [5.41, 5.74) is -4.53. The van der Waals surface area contributed by atoms with E-state index < -0.39 is 40.6 Å². The Morgan fingerprint density at radius 3 is 2.44 bits per heavy atom. The number of fused-ring (bicyclic) bond motifs is 1. The second-order valence-corrected chi connectivity index (χ2v) is 7.76. The minimum atomic E-state index is -5.12. The van der Waals surface area contributed by atoms with Crippen molar-refractivity contribution in [1.82, 2.24) is 19.5 Å². The van der Waals surface area contributed by atoms with Crippen molar-refractivity contribution in [3.05, 3.63) is 47.4 Å². The zero-order chi connectivity index (χ0) is 23.3. The fourth-order valence-corrected chi connectivity index (χ4v) is 3.91. The molecule has 1 saturated heterocycles. The number of nitrogens with one attached hydrogen (secondary N) is 1. The van der Waals surface area contributed by atoms with Crippen LogP contribution in [-0.4, -0.2) is 45.7 Å². The molecular formula is C20H18F7N5. The van der Waals surface area contributed by atoms with E-state index in [1.807, 2.05) is 7.05 Å². The molecule has 1 atom stereocenters. The highest BCUT2D eigenvalue weighted by atomic mass is 19.4. The lowest BCUT2D eigenvalue weighted by Crippen LogP contribution is -2.40. The monoisotopic (exact) mass is 461 g/mol. The van der Waals surface area contributed by atoms with Crippen LogP contribution in [0.2, 0.25) is 0 Å². The van der Waals surface area contributed by atoms with Crippen LogP contribution in [0.1, 0.15) is 24.0 Å². The number of anilines is 1. The number of likely N-dealkylation sites (tertiary alicyclic amines) is 1. The Morgan fingerprint density at radius 2 is 1.78 bits per heavy atom. The quantitative estimate of drug-likeness (QED) is 0.553. The van der Waals surface area contributed by atoms with Gasteiger partial charge in [-0.05, 0) is 44.6 Å². The van der Waals surface area contributed by atoms with Crippen LogP contribution in [0.4, 0.5) is 36.7 Å². The number of alkyl halides is 6. The van der Waals surface area contributed by atoms with Gasteiger partial charge in [-0.15, -0.1) is 10.2 Å². The van der Waals surface area contributed by atoms with E-state index in [0.29, 0.717) is 18.7 Å². The van der Waals surface area contributed by atoms with Crippen molar-refractivity contribution in [2.45, 2.75) is 31.2 Å². The standard InChI is InChI=1S/C20H18F7N5/c1-31-7-2-3-12(10-31)28-18-30-29-16(17-15(21)6-8-32(17)18)13-5-4-11(19(22,23)24)9-14(13)20(25,26)27/h4-6,8-9,12H,2-3,7,10H2,1H3,(H,28,30). The van der Waals surface area contributed by atoms with E-state index in [4.69, 9.17) is 0 Å². The molecule has 1 aliphatic heterocycles. The summed E-state index contributed by atoms with van der Waals surface area (Å²) in [6.45, 7) is 1.61. The Morgan fingerprint density at radius 1 is 1.03 bits per heavy atom. The molecule has 4 rings (SSSR count). The Hall–Kier alpha value is -2.89. The fraction of sp³-hybridized carbons (Fsp3) is 0.400. The number of aromatic nitrogens is 3. The summed E-state index contributed by atoms with van der Waals surface area (Å²) < 4.78 is 95.7. The largest absolute Gasteiger partial charge is 0.417 e. The SMILES string of the molecule is CN1CCCC(Nc2nnc(-c3ccc(C(F)(F)F)cc3C(F)(F)F)c3c(F)ccn23)C1. The van der Waals surface area contributed by atoms with Crippen molar-refractivity contribution >= 4 is 11.5 Å². The number of hydrogen-bond donors (Lipinski definition) is 1. The number of piperidine rings is 1. The van der Waals surface area contributed by atoms with Crippen LogP contribution in [-0.2, 0) is 12.4 Å². The van der Waals surface area contributed by atoms with Gasteiger partial charge in [0.15, 0.2) is 5.82 Å². The van der Waals surface area contributed by atoms with Crippen molar-refractivity contribution < 1.29 is 30.7 Å². The molecule has 1 fully saturated rings. The lowest BCUT2D eigenvalue weighted by atomic mass is 10.00. The highest BCUT2D eigenvalue weighted by Gasteiger charge is 2.39.